The van der Waals surface area contributed by atoms with Crippen molar-refractivity contribution < 1.29 is 27.2 Å². The molecule has 0 aliphatic carbocycles. The van der Waals surface area contributed by atoms with Crippen LogP contribution in [-0.4, -0.2) is 22.4 Å². The number of alkyl halides is 3. The van der Waals surface area contributed by atoms with Gasteiger partial charge in [0.15, 0.2) is 5.82 Å². The lowest BCUT2D eigenvalue weighted by Crippen LogP contribution is -2.24. The molecule has 1 aromatic heterocycles. The zero-order valence-corrected chi connectivity index (χ0v) is 14.1. The number of carbonyl (C=O) groups is 1. The van der Waals surface area contributed by atoms with Crippen molar-refractivity contribution in [3.63, 3.8) is 0 Å². The summed E-state index contributed by atoms with van der Waals surface area (Å²) in [6, 6.07) is 12.0. The quantitative estimate of drug-likeness (QED) is 0.730. The number of ether oxygens (including phenoxy) is 1. The second kappa shape index (κ2) is 7.48. The number of hydrogen-bond acceptors (Lipinski definition) is 5. The molecule has 3 rings (SSSR count). The minimum atomic E-state index is -4.80. The smallest absolute Gasteiger partial charge is 0.405 e. The van der Waals surface area contributed by atoms with E-state index in [2.05, 4.69) is 20.2 Å². The number of aryl methyl sites for hydroxylation is 1. The highest BCUT2D eigenvalue weighted by Gasteiger charge is 2.32. The molecule has 6 nitrogen and oxygen atoms in total. The summed E-state index contributed by atoms with van der Waals surface area (Å²) in [5.74, 6) is 0.0294. The van der Waals surface area contributed by atoms with Crippen molar-refractivity contribution in [3.05, 3.63) is 65.5 Å². The maximum absolute atomic E-state index is 12.4. The van der Waals surface area contributed by atoms with Crippen molar-refractivity contribution in [2.24, 2.45) is 0 Å². The molecule has 140 valence electrons. The van der Waals surface area contributed by atoms with Crippen LogP contribution in [0.1, 0.15) is 21.7 Å². The number of halogens is 3. The lowest BCUT2D eigenvalue weighted by atomic mass is 10.1. The van der Waals surface area contributed by atoms with Gasteiger partial charge in [-0.3, -0.25) is 4.79 Å². The Kier molecular flexibility index (Phi) is 5.11. The van der Waals surface area contributed by atoms with Crippen LogP contribution in [0.2, 0.25) is 0 Å². The molecule has 27 heavy (non-hydrogen) atoms. The Balaban J connectivity index is 1.66. The van der Waals surface area contributed by atoms with Crippen LogP contribution in [0.3, 0.4) is 0 Å². The molecular weight excluding hydrogens is 363 g/mol. The summed E-state index contributed by atoms with van der Waals surface area (Å²) in [7, 11) is 0. The second-order valence-electron chi connectivity index (χ2n) is 5.56. The SMILES string of the molecule is Cc1noc(-c2ccc(C(=O)NCc3ccccc3OC(F)(F)F)cc2)n1. The average Bonchev–Trinajstić information content (AvgIpc) is 3.06. The van der Waals surface area contributed by atoms with Crippen LogP contribution >= 0.6 is 0 Å². The van der Waals surface area contributed by atoms with Crippen molar-refractivity contribution in [3.8, 4) is 17.2 Å². The number of amides is 1. The first kappa shape index (κ1) is 18.4. The number of aromatic nitrogens is 2. The minimum absolute atomic E-state index is 0.115. The van der Waals surface area contributed by atoms with Crippen molar-refractivity contribution in [2.45, 2.75) is 19.8 Å². The van der Waals surface area contributed by atoms with Gasteiger partial charge in [0.25, 0.3) is 11.8 Å². The molecule has 0 spiro atoms. The van der Waals surface area contributed by atoms with Gasteiger partial charge in [-0.1, -0.05) is 23.4 Å². The van der Waals surface area contributed by atoms with E-state index in [-0.39, 0.29) is 17.9 Å². The molecule has 9 heteroatoms. The van der Waals surface area contributed by atoms with Gasteiger partial charge >= 0.3 is 6.36 Å². The third-order valence-electron chi connectivity index (χ3n) is 3.56. The van der Waals surface area contributed by atoms with Gasteiger partial charge in [-0.25, -0.2) is 0 Å². The molecule has 1 heterocycles. The minimum Gasteiger partial charge on any atom is -0.405 e. The van der Waals surface area contributed by atoms with Gasteiger partial charge in [-0.15, -0.1) is 13.2 Å². The number of nitrogens with one attached hydrogen (secondary N) is 1. The first-order valence-electron chi connectivity index (χ1n) is 7.84. The number of benzene rings is 2. The summed E-state index contributed by atoms with van der Waals surface area (Å²) in [4.78, 5) is 16.3. The van der Waals surface area contributed by atoms with E-state index in [0.29, 0.717) is 22.8 Å². The van der Waals surface area contributed by atoms with Gasteiger partial charge in [0.2, 0.25) is 0 Å². The van der Waals surface area contributed by atoms with Crippen LogP contribution in [0.5, 0.6) is 5.75 Å². The predicted octanol–water partition coefficient (Wildman–Crippen LogP) is 3.87. The summed E-state index contributed by atoms with van der Waals surface area (Å²) >= 11 is 0. The van der Waals surface area contributed by atoms with Gasteiger partial charge < -0.3 is 14.6 Å². The predicted molar refractivity (Wildman–Crippen MR) is 88.8 cm³/mol. The van der Waals surface area contributed by atoms with Gasteiger partial charge in [-0.05, 0) is 37.3 Å². The van der Waals surface area contributed by atoms with Crippen LogP contribution in [0, 0.1) is 6.92 Å². The normalized spacial score (nSPS) is 11.3. The summed E-state index contributed by atoms with van der Waals surface area (Å²) in [5, 5.41) is 6.26. The molecule has 0 aliphatic rings. The molecule has 0 saturated carbocycles. The second-order valence-corrected chi connectivity index (χ2v) is 5.56. The molecule has 0 atom stereocenters. The molecule has 0 fully saturated rings. The Labute approximate surface area is 152 Å². The van der Waals surface area contributed by atoms with E-state index in [0.717, 1.165) is 0 Å². The summed E-state index contributed by atoms with van der Waals surface area (Å²) < 4.78 is 46.3. The van der Waals surface area contributed by atoms with Crippen molar-refractivity contribution in [1.82, 2.24) is 15.5 Å². The van der Waals surface area contributed by atoms with Crippen molar-refractivity contribution in [1.29, 1.82) is 0 Å². The summed E-state index contributed by atoms with van der Waals surface area (Å²) in [5.41, 5.74) is 1.20. The number of para-hydroxylation sites is 1. The molecular formula is C18H14F3N3O3. The summed E-state index contributed by atoms with van der Waals surface area (Å²) in [6.07, 6.45) is -4.80. The van der Waals surface area contributed by atoms with Gasteiger partial charge in [0.1, 0.15) is 5.75 Å². The Morgan fingerprint density at radius 1 is 1.15 bits per heavy atom. The van der Waals surface area contributed by atoms with E-state index in [9.17, 15) is 18.0 Å². The molecule has 0 unspecified atom stereocenters. The largest absolute Gasteiger partial charge is 0.573 e. The van der Waals surface area contributed by atoms with E-state index >= 15 is 0 Å². The average molecular weight is 377 g/mol. The van der Waals surface area contributed by atoms with Crippen molar-refractivity contribution in [2.75, 3.05) is 0 Å². The zero-order valence-electron chi connectivity index (χ0n) is 14.1. The van der Waals surface area contributed by atoms with Gasteiger partial charge in [0, 0.05) is 23.2 Å². The Morgan fingerprint density at radius 2 is 1.85 bits per heavy atom. The van der Waals surface area contributed by atoms with Gasteiger partial charge in [0.05, 0.1) is 0 Å². The van der Waals surface area contributed by atoms with E-state index in [4.69, 9.17) is 4.52 Å². The van der Waals surface area contributed by atoms with E-state index in [1.807, 2.05) is 0 Å². The number of nitrogens with zero attached hydrogens (tertiary/aromatic N) is 2. The lowest BCUT2D eigenvalue weighted by molar-refractivity contribution is -0.274. The monoisotopic (exact) mass is 377 g/mol. The Bertz CT molecular complexity index is 937. The highest BCUT2D eigenvalue weighted by molar-refractivity contribution is 5.94. The number of carbonyl (C=O) groups excluding carboxylic acids is 1. The number of hydrogen-bond donors (Lipinski definition) is 1. The van der Waals surface area contributed by atoms with E-state index < -0.39 is 12.3 Å². The van der Waals surface area contributed by atoms with Crippen molar-refractivity contribution >= 4 is 5.91 Å². The highest BCUT2D eigenvalue weighted by atomic mass is 19.4. The number of rotatable bonds is 5. The summed E-state index contributed by atoms with van der Waals surface area (Å²) in [6.45, 7) is 1.57. The van der Waals surface area contributed by atoms with Crippen LogP contribution in [0.15, 0.2) is 53.1 Å². The fraction of sp³-hybridized carbons (Fsp3) is 0.167. The van der Waals surface area contributed by atoms with E-state index in [1.54, 1.807) is 37.3 Å². The first-order chi connectivity index (χ1) is 12.8. The molecule has 0 bridgehead atoms. The van der Waals surface area contributed by atoms with Gasteiger partial charge in [-0.2, -0.15) is 4.98 Å². The maximum Gasteiger partial charge on any atom is 0.573 e. The Hall–Kier alpha value is -3.36. The maximum atomic E-state index is 12.4. The van der Waals surface area contributed by atoms with Crippen LogP contribution in [-0.2, 0) is 6.54 Å². The van der Waals surface area contributed by atoms with E-state index in [1.165, 1.54) is 18.2 Å². The molecule has 0 radical (unpaired) electrons. The fourth-order valence-electron chi connectivity index (χ4n) is 2.33. The highest BCUT2D eigenvalue weighted by Crippen LogP contribution is 2.26. The van der Waals surface area contributed by atoms with Crippen LogP contribution < -0.4 is 10.1 Å². The zero-order chi connectivity index (χ0) is 19.4. The Morgan fingerprint density at radius 3 is 2.48 bits per heavy atom. The topological polar surface area (TPSA) is 77.2 Å². The molecule has 0 aliphatic heterocycles. The standard InChI is InChI=1S/C18H14F3N3O3/c1-11-23-17(27-24-11)13-8-6-12(7-9-13)16(25)22-10-14-4-2-3-5-15(14)26-18(19,20)21/h2-9H,10H2,1H3,(H,22,25). The first-order valence-corrected chi connectivity index (χ1v) is 7.84. The third-order valence-corrected chi connectivity index (χ3v) is 3.56. The van der Waals surface area contributed by atoms with Crippen LogP contribution in [0.25, 0.3) is 11.5 Å². The molecule has 1 N–H and O–H groups in total. The van der Waals surface area contributed by atoms with Crippen LogP contribution in [0.4, 0.5) is 13.2 Å². The molecule has 1 amide bonds. The third kappa shape index (κ3) is 4.84. The molecule has 0 saturated heterocycles. The lowest BCUT2D eigenvalue weighted by Gasteiger charge is -2.13. The molecule has 2 aromatic carbocycles. The molecule has 3 aromatic rings. The fourth-order valence-corrected chi connectivity index (χ4v) is 2.33.